The van der Waals surface area contributed by atoms with Gasteiger partial charge in [-0.15, -0.1) is 0 Å². The van der Waals surface area contributed by atoms with Crippen LogP contribution in [0, 0.1) is 22.2 Å². The SMILES string of the molecule is COc1cc2c(cc1O)C(=O)C[C@@H]1[C@@H]2CC[C@]2(C)C(N=O)CC[C@@H]12. The van der Waals surface area contributed by atoms with Crippen molar-refractivity contribution in [2.24, 2.45) is 22.4 Å². The molecule has 0 amide bonds. The number of aromatic hydroxyl groups is 1. The summed E-state index contributed by atoms with van der Waals surface area (Å²) in [5, 5.41) is 13.4. The third kappa shape index (κ3) is 1.96. The number of benzene rings is 1. The molecule has 0 bridgehead atoms. The van der Waals surface area contributed by atoms with Gasteiger partial charge in [0.2, 0.25) is 0 Å². The van der Waals surface area contributed by atoms with Crippen LogP contribution in [0.5, 0.6) is 11.5 Å². The number of phenolic OH excluding ortho intramolecular Hbond substituents is 1. The van der Waals surface area contributed by atoms with E-state index in [1.165, 1.54) is 7.11 Å². The number of hydrogen-bond acceptors (Lipinski definition) is 5. The molecule has 0 aliphatic heterocycles. The predicted molar refractivity (Wildman–Crippen MR) is 89.5 cm³/mol. The van der Waals surface area contributed by atoms with E-state index < -0.39 is 0 Å². The summed E-state index contributed by atoms with van der Waals surface area (Å²) in [6.07, 6.45) is 4.25. The van der Waals surface area contributed by atoms with E-state index in [0.717, 1.165) is 31.2 Å². The number of rotatable bonds is 2. The Hall–Kier alpha value is -1.91. The fourth-order valence-corrected chi connectivity index (χ4v) is 5.72. The van der Waals surface area contributed by atoms with E-state index >= 15 is 0 Å². The number of nitroso groups, excluding NO2 is 1. The van der Waals surface area contributed by atoms with Crippen LogP contribution in [0.1, 0.15) is 60.9 Å². The number of carbonyl (C=O) groups is 1. The van der Waals surface area contributed by atoms with Gasteiger partial charge < -0.3 is 9.84 Å². The number of phenols is 1. The Morgan fingerprint density at radius 2 is 2.08 bits per heavy atom. The molecule has 4 rings (SSSR count). The van der Waals surface area contributed by atoms with Gasteiger partial charge in [0.05, 0.1) is 13.2 Å². The van der Waals surface area contributed by atoms with Gasteiger partial charge in [0, 0.05) is 12.0 Å². The van der Waals surface area contributed by atoms with Crippen LogP contribution >= 0.6 is 0 Å². The van der Waals surface area contributed by atoms with Gasteiger partial charge in [0.15, 0.2) is 17.3 Å². The summed E-state index contributed by atoms with van der Waals surface area (Å²) < 4.78 is 5.25. The van der Waals surface area contributed by atoms with Crippen LogP contribution in [0.3, 0.4) is 0 Å². The number of fused-ring (bicyclic) bond motifs is 5. The smallest absolute Gasteiger partial charge is 0.163 e. The topological polar surface area (TPSA) is 76.0 Å². The van der Waals surface area contributed by atoms with Crippen molar-refractivity contribution < 1.29 is 14.6 Å². The molecule has 5 heteroatoms. The average molecular weight is 329 g/mol. The van der Waals surface area contributed by atoms with Crippen molar-refractivity contribution in [1.82, 2.24) is 0 Å². The van der Waals surface area contributed by atoms with Crippen LogP contribution < -0.4 is 4.74 Å². The third-order valence-electron chi connectivity index (χ3n) is 6.99. The van der Waals surface area contributed by atoms with Gasteiger partial charge in [-0.1, -0.05) is 12.1 Å². The molecule has 0 aromatic heterocycles. The molecule has 1 unspecified atom stereocenters. The van der Waals surface area contributed by atoms with E-state index in [1.807, 2.05) is 6.07 Å². The monoisotopic (exact) mass is 329 g/mol. The molecule has 0 spiro atoms. The molecule has 2 saturated carbocycles. The summed E-state index contributed by atoms with van der Waals surface area (Å²) in [6, 6.07) is 3.28. The molecule has 5 atom stereocenters. The second kappa shape index (κ2) is 5.30. The standard InChI is InChI=1S/C19H23NO4/c1-19-6-5-10-11-9-17(24-2)16(22)8-13(11)15(21)7-12(10)14(19)3-4-18(19)20-23/h8-10,12,14,18,22H,3-7H2,1-2H3/t10-,12-,14+,18?,19+/m1/s1. The Kier molecular flexibility index (Phi) is 3.44. The van der Waals surface area contributed by atoms with Crippen molar-refractivity contribution in [2.45, 2.75) is 51.0 Å². The molecule has 24 heavy (non-hydrogen) atoms. The maximum absolute atomic E-state index is 12.7. The zero-order valence-electron chi connectivity index (χ0n) is 14.1. The van der Waals surface area contributed by atoms with Crippen LogP contribution in [0.15, 0.2) is 17.3 Å². The highest BCUT2D eigenvalue weighted by Crippen LogP contribution is 2.61. The Morgan fingerprint density at radius 3 is 2.79 bits per heavy atom. The quantitative estimate of drug-likeness (QED) is 0.831. The van der Waals surface area contributed by atoms with Crippen molar-refractivity contribution in [3.63, 3.8) is 0 Å². The molecular weight excluding hydrogens is 306 g/mol. The van der Waals surface area contributed by atoms with Crippen molar-refractivity contribution in [2.75, 3.05) is 7.11 Å². The first kappa shape index (κ1) is 15.6. The highest BCUT2D eigenvalue weighted by molar-refractivity contribution is 5.99. The van der Waals surface area contributed by atoms with Crippen LogP contribution in [0.2, 0.25) is 0 Å². The number of hydrogen-bond donors (Lipinski definition) is 1. The lowest BCUT2D eigenvalue weighted by Gasteiger charge is -2.49. The molecule has 1 N–H and O–H groups in total. The van der Waals surface area contributed by atoms with Crippen LogP contribution in [0.4, 0.5) is 0 Å². The Labute approximate surface area is 141 Å². The molecule has 0 radical (unpaired) electrons. The summed E-state index contributed by atoms with van der Waals surface area (Å²) in [7, 11) is 1.53. The van der Waals surface area contributed by atoms with E-state index in [4.69, 9.17) is 4.74 Å². The summed E-state index contributed by atoms with van der Waals surface area (Å²) in [5.41, 5.74) is 1.58. The number of ketones is 1. The molecule has 5 nitrogen and oxygen atoms in total. The van der Waals surface area contributed by atoms with Gasteiger partial charge in [-0.2, -0.15) is 4.91 Å². The van der Waals surface area contributed by atoms with Crippen molar-refractivity contribution in [3.8, 4) is 11.5 Å². The minimum Gasteiger partial charge on any atom is -0.504 e. The minimum atomic E-state index is -0.116. The zero-order valence-corrected chi connectivity index (χ0v) is 14.1. The van der Waals surface area contributed by atoms with Crippen molar-refractivity contribution >= 4 is 5.78 Å². The summed E-state index contributed by atoms with van der Waals surface area (Å²) in [5.74, 6) is 1.48. The molecule has 128 valence electrons. The first-order valence-corrected chi connectivity index (χ1v) is 8.76. The first-order chi connectivity index (χ1) is 11.5. The lowest BCUT2D eigenvalue weighted by atomic mass is 9.55. The number of carbonyl (C=O) groups excluding carboxylic acids is 1. The molecule has 3 aliphatic carbocycles. The Balaban J connectivity index is 1.77. The molecule has 0 heterocycles. The maximum atomic E-state index is 12.7. The van der Waals surface area contributed by atoms with E-state index in [-0.39, 0.29) is 28.9 Å². The molecule has 1 aromatic rings. The highest BCUT2D eigenvalue weighted by atomic mass is 16.5. The normalized spacial score (nSPS) is 37.3. The van der Waals surface area contributed by atoms with Gasteiger partial charge in [-0.3, -0.25) is 4.79 Å². The van der Waals surface area contributed by atoms with Gasteiger partial charge >= 0.3 is 0 Å². The lowest BCUT2D eigenvalue weighted by Crippen LogP contribution is -2.44. The van der Waals surface area contributed by atoms with E-state index in [0.29, 0.717) is 29.6 Å². The van der Waals surface area contributed by atoms with Crippen molar-refractivity contribution in [3.05, 3.63) is 28.2 Å². The number of ether oxygens (including phenoxy) is 1. The van der Waals surface area contributed by atoms with Crippen LogP contribution in [-0.4, -0.2) is 24.0 Å². The third-order valence-corrected chi connectivity index (χ3v) is 6.99. The predicted octanol–water partition coefficient (Wildman–Crippen LogP) is 4.03. The summed E-state index contributed by atoms with van der Waals surface area (Å²) in [6.45, 7) is 2.18. The van der Waals surface area contributed by atoms with Gasteiger partial charge in [0.1, 0.15) is 0 Å². The lowest BCUT2D eigenvalue weighted by molar-refractivity contribution is 0.0454. The zero-order chi connectivity index (χ0) is 17.1. The largest absolute Gasteiger partial charge is 0.504 e. The van der Waals surface area contributed by atoms with Crippen LogP contribution in [0.25, 0.3) is 0 Å². The van der Waals surface area contributed by atoms with Gasteiger partial charge in [-0.05, 0) is 66.5 Å². The first-order valence-electron chi connectivity index (χ1n) is 8.76. The minimum absolute atomic E-state index is 0.0229. The molecule has 2 fully saturated rings. The summed E-state index contributed by atoms with van der Waals surface area (Å²) >= 11 is 0. The number of methoxy groups -OCH3 is 1. The number of Topliss-reactive ketones (excluding diaryl/α,β-unsaturated/α-hetero) is 1. The Bertz CT molecular complexity index is 716. The van der Waals surface area contributed by atoms with Crippen LogP contribution in [-0.2, 0) is 0 Å². The second-order valence-electron chi connectivity index (χ2n) is 7.86. The van der Waals surface area contributed by atoms with E-state index in [1.54, 1.807) is 6.07 Å². The maximum Gasteiger partial charge on any atom is 0.163 e. The molecule has 1 aromatic carbocycles. The summed E-state index contributed by atoms with van der Waals surface area (Å²) in [4.78, 5) is 23.9. The van der Waals surface area contributed by atoms with E-state index in [2.05, 4.69) is 12.1 Å². The highest BCUT2D eigenvalue weighted by Gasteiger charge is 2.56. The average Bonchev–Trinajstić information content (AvgIpc) is 2.91. The van der Waals surface area contributed by atoms with E-state index in [9.17, 15) is 14.8 Å². The van der Waals surface area contributed by atoms with Crippen molar-refractivity contribution in [1.29, 1.82) is 0 Å². The second-order valence-corrected chi connectivity index (χ2v) is 7.86. The van der Waals surface area contributed by atoms with Gasteiger partial charge in [-0.25, -0.2) is 0 Å². The molecule has 3 aliphatic rings. The molecular formula is C19H23NO4. The van der Waals surface area contributed by atoms with Gasteiger partial charge in [0.25, 0.3) is 0 Å². The fourth-order valence-electron chi connectivity index (χ4n) is 5.72. The number of nitrogens with zero attached hydrogens (tertiary/aromatic N) is 1. The Morgan fingerprint density at radius 1 is 1.29 bits per heavy atom. The molecule has 0 saturated heterocycles. The fraction of sp³-hybridized carbons (Fsp3) is 0.632.